The molecule has 222 valence electrons. The van der Waals surface area contributed by atoms with Gasteiger partial charge in [-0.05, 0) is 86.1 Å². The van der Waals surface area contributed by atoms with Gasteiger partial charge in [0.25, 0.3) is 0 Å². The third kappa shape index (κ3) is 5.72. The number of hydrogen-bond donors (Lipinski definition) is 0. The van der Waals surface area contributed by atoms with Crippen molar-refractivity contribution >= 4 is 27.8 Å². The number of anilines is 3. The number of benzene rings is 8. The van der Waals surface area contributed by atoms with Crippen LogP contribution in [0.15, 0.2) is 200 Å². The number of nitrogens with zero attached hydrogens (tertiary/aromatic N) is 1. The van der Waals surface area contributed by atoms with E-state index in [4.69, 9.17) is 0 Å². The minimum absolute atomic E-state index is 1.11. The Bertz CT molecular complexity index is 2180. The first-order valence-corrected chi connectivity index (χ1v) is 16.1. The first-order valence-electron chi connectivity index (χ1n) is 16.1. The Morgan fingerprint density at radius 3 is 1.34 bits per heavy atom. The lowest BCUT2D eigenvalue weighted by atomic mass is 9.94. The van der Waals surface area contributed by atoms with Crippen LogP contribution in [-0.4, -0.2) is 0 Å². The van der Waals surface area contributed by atoms with E-state index < -0.39 is 0 Å². The second-order valence-corrected chi connectivity index (χ2v) is 11.8. The van der Waals surface area contributed by atoms with Crippen molar-refractivity contribution in [2.24, 2.45) is 0 Å². The Hall–Kier alpha value is -6.18. The van der Waals surface area contributed by atoms with Crippen LogP contribution >= 0.6 is 0 Å². The smallest absolute Gasteiger partial charge is 0.0540 e. The zero-order chi connectivity index (χ0) is 31.4. The quantitative estimate of drug-likeness (QED) is 0.176. The van der Waals surface area contributed by atoms with E-state index in [-0.39, 0.29) is 0 Å². The van der Waals surface area contributed by atoms with Crippen LogP contribution in [0.25, 0.3) is 55.3 Å². The van der Waals surface area contributed by atoms with Crippen LogP contribution in [0.2, 0.25) is 0 Å². The highest BCUT2D eigenvalue weighted by Crippen LogP contribution is 2.42. The summed E-state index contributed by atoms with van der Waals surface area (Å²) in [5.41, 5.74) is 13.0. The van der Waals surface area contributed by atoms with E-state index in [2.05, 4.69) is 205 Å². The predicted octanol–water partition coefficient (Wildman–Crippen LogP) is 13.0. The molecule has 0 saturated heterocycles. The minimum atomic E-state index is 1.11. The summed E-state index contributed by atoms with van der Waals surface area (Å²) in [6, 6.07) is 71.8. The van der Waals surface area contributed by atoms with Gasteiger partial charge in [0.1, 0.15) is 0 Å². The van der Waals surface area contributed by atoms with E-state index in [1.54, 1.807) is 0 Å². The molecule has 1 nitrogen and oxygen atoms in total. The van der Waals surface area contributed by atoms with Crippen LogP contribution in [0, 0.1) is 0 Å². The fourth-order valence-corrected chi connectivity index (χ4v) is 6.54. The Kier molecular flexibility index (Phi) is 7.63. The van der Waals surface area contributed by atoms with Crippen molar-refractivity contribution in [1.82, 2.24) is 0 Å². The molecule has 0 aromatic heterocycles. The molecular formula is C46H33N. The van der Waals surface area contributed by atoms with Gasteiger partial charge in [-0.15, -0.1) is 0 Å². The molecule has 1 heteroatoms. The summed E-state index contributed by atoms with van der Waals surface area (Å²) in [5.74, 6) is 0. The highest BCUT2D eigenvalue weighted by Gasteiger charge is 2.18. The van der Waals surface area contributed by atoms with E-state index in [9.17, 15) is 0 Å². The normalized spacial score (nSPS) is 11.0. The zero-order valence-electron chi connectivity index (χ0n) is 26.0. The molecule has 0 radical (unpaired) electrons. The van der Waals surface area contributed by atoms with Crippen molar-refractivity contribution in [3.63, 3.8) is 0 Å². The van der Waals surface area contributed by atoms with Crippen molar-refractivity contribution in [2.75, 3.05) is 4.90 Å². The first-order chi connectivity index (χ1) is 23.3. The van der Waals surface area contributed by atoms with Crippen LogP contribution in [0.5, 0.6) is 0 Å². The summed E-state index contributed by atoms with van der Waals surface area (Å²) < 4.78 is 0. The van der Waals surface area contributed by atoms with Gasteiger partial charge in [0, 0.05) is 16.9 Å². The molecule has 0 heterocycles. The summed E-state index contributed by atoms with van der Waals surface area (Å²) >= 11 is 0. The topological polar surface area (TPSA) is 3.24 Å². The average Bonchev–Trinajstić information content (AvgIpc) is 3.16. The predicted molar refractivity (Wildman–Crippen MR) is 200 cm³/mol. The highest BCUT2D eigenvalue weighted by molar-refractivity contribution is 5.98. The van der Waals surface area contributed by atoms with Gasteiger partial charge in [-0.3, -0.25) is 0 Å². The Balaban J connectivity index is 1.25. The van der Waals surface area contributed by atoms with E-state index in [1.807, 2.05) is 0 Å². The molecule has 0 spiro atoms. The van der Waals surface area contributed by atoms with Gasteiger partial charge >= 0.3 is 0 Å². The fourth-order valence-electron chi connectivity index (χ4n) is 6.54. The lowest BCUT2D eigenvalue weighted by Crippen LogP contribution is -2.11. The molecular weight excluding hydrogens is 567 g/mol. The summed E-state index contributed by atoms with van der Waals surface area (Å²) in [7, 11) is 0. The molecule has 0 unspecified atom stereocenters. The lowest BCUT2D eigenvalue weighted by molar-refractivity contribution is 1.28. The van der Waals surface area contributed by atoms with E-state index in [1.165, 1.54) is 55.3 Å². The number of para-hydroxylation sites is 1. The van der Waals surface area contributed by atoms with Crippen LogP contribution in [-0.2, 0) is 0 Å². The van der Waals surface area contributed by atoms with Crippen LogP contribution in [0.1, 0.15) is 0 Å². The number of rotatable bonds is 7. The first kappa shape index (κ1) is 28.3. The standard InChI is InChI=1S/C46H33N/c1-3-13-34(14-4-1)36-25-29-41(30-26-36)47(42-31-27-37(28-32-42)35-15-5-2-6-16-35)46-24-10-9-22-45(46)40-20-11-19-39(33-40)44-23-12-18-38-17-7-8-21-43(38)44/h1-33H. The molecule has 47 heavy (non-hydrogen) atoms. The monoisotopic (exact) mass is 599 g/mol. The molecule has 0 atom stereocenters. The Labute approximate surface area is 276 Å². The molecule has 8 aromatic rings. The summed E-state index contributed by atoms with van der Waals surface area (Å²) in [5, 5.41) is 2.51. The Morgan fingerprint density at radius 1 is 0.277 bits per heavy atom. The molecule has 0 aliphatic carbocycles. The largest absolute Gasteiger partial charge is 0.310 e. The van der Waals surface area contributed by atoms with Crippen LogP contribution in [0.3, 0.4) is 0 Å². The van der Waals surface area contributed by atoms with Gasteiger partial charge in [-0.1, -0.05) is 164 Å². The van der Waals surface area contributed by atoms with Crippen LogP contribution < -0.4 is 4.90 Å². The molecule has 0 fully saturated rings. The van der Waals surface area contributed by atoms with Crippen molar-refractivity contribution in [3.05, 3.63) is 200 Å². The SMILES string of the molecule is c1ccc(-c2ccc(N(c3ccc(-c4ccccc4)cc3)c3ccccc3-c3cccc(-c4cccc5ccccc45)c3)cc2)cc1. The summed E-state index contributed by atoms with van der Waals surface area (Å²) in [6.07, 6.45) is 0. The van der Waals surface area contributed by atoms with E-state index >= 15 is 0 Å². The van der Waals surface area contributed by atoms with Gasteiger partial charge in [-0.25, -0.2) is 0 Å². The number of fused-ring (bicyclic) bond motifs is 1. The van der Waals surface area contributed by atoms with Gasteiger partial charge in [0.2, 0.25) is 0 Å². The third-order valence-corrected chi connectivity index (χ3v) is 8.88. The van der Waals surface area contributed by atoms with Gasteiger partial charge < -0.3 is 4.90 Å². The Morgan fingerprint density at radius 2 is 0.702 bits per heavy atom. The molecule has 0 amide bonds. The third-order valence-electron chi connectivity index (χ3n) is 8.88. The van der Waals surface area contributed by atoms with Crippen molar-refractivity contribution in [2.45, 2.75) is 0 Å². The molecule has 0 aliphatic rings. The van der Waals surface area contributed by atoms with Gasteiger partial charge in [0.15, 0.2) is 0 Å². The van der Waals surface area contributed by atoms with Crippen LogP contribution in [0.4, 0.5) is 17.1 Å². The zero-order valence-corrected chi connectivity index (χ0v) is 26.0. The van der Waals surface area contributed by atoms with Gasteiger partial charge in [0.05, 0.1) is 5.69 Å². The molecule has 8 rings (SSSR count). The molecule has 0 N–H and O–H groups in total. The second kappa shape index (κ2) is 12.7. The van der Waals surface area contributed by atoms with Gasteiger partial charge in [-0.2, -0.15) is 0 Å². The highest BCUT2D eigenvalue weighted by atomic mass is 15.1. The van der Waals surface area contributed by atoms with Crippen molar-refractivity contribution < 1.29 is 0 Å². The molecule has 0 saturated carbocycles. The molecule has 8 aromatic carbocycles. The average molecular weight is 600 g/mol. The fraction of sp³-hybridized carbons (Fsp3) is 0. The number of hydrogen-bond acceptors (Lipinski definition) is 1. The van der Waals surface area contributed by atoms with Crippen molar-refractivity contribution in [3.8, 4) is 44.5 Å². The summed E-state index contributed by atoms with van der Waals surface area (Å²) in [6.45, 7) is 0. The molecule has 0 aliphatic heterocycles. The maximum absolute atomic E-state index is 2.38. The minimum Gasteiger partial charge on any atom is -0.310 e. The maximum Gasteiger partial charge on any atom is 0.0540 e. The second-order valence-electron chi connectivity index (χ2n) is 11.8. The molecule has 0 bridgehead atoms. The van der Waals surface area contributed by atoms with Crippen molar-refractivity contribution in [1.29, 1.82) is 0 Å². The van der Waals surface area contributed by atoms with E-state index in [0.29, 0.717) is 0 Å². The lowest BCUT2D eigenvalue weighted by Gasteiger charge is -2.28. The summed E-state index contributed by atoms with van der Waals surface area (Å²) in [4.78, 5) is 2.38. The maximum atomic E-state index is 2.38. The van der Waals surface area contributed by atoms with E-state index in [0.717, 1.165) is 17.1 Å².